The number of likely N-dealkylation sites (tertiary alicyclic amines) is 1. The second kappa shape index (κ2) is 11.4. The number of fused-ring (bicyclic) bond motifs is 1. The average Bonchev–Trinajstić information content (AvgIpc) is 3.58. The number of aryl methyl sites for hydroxylation is 2. The van der Waals surface area contributed by atoms with Crippen LogP contribution in [0.4, 0.5) is 4.79 Å². The number of aromatic nitrogens is 4. The zero-order valence-electron chi connectivity index (χ0n) is 22.5. The number of cyclic esters (lactones) is 1. The number of nitrogens with zero attached hydrogens (tertiary/aromatic N) is 5. The molecule has 0 spiro atoms. The van der Waals surface area contributed by atoms with Gasteiger partial charge in [-0.15, -0.1) is 0 Å². The molecule has 5 rings (SSSR count). The van der Waals surface area contributed by atoms with Crippen LogP contribution in [0.1, 0.15) is 37.1 Å². The molecule has 2 aromatic heterocycles. The summed E-state index contributed by atoms with van der Waals surface area (Å²) in [7, 11) is 2.97. The SMILES string of the molecule is Cn1c(=O)c2[nH]c(CCCC(=O)N3CCC(N4C(=O)OCC4C(=O)OCc4ccccc4)CC3)nc2n(C)c1=O. The van der Waals surface area contributed by atoms with E-state index in [-0.39, 0.29) is 30.7 Å². The molecule has 2 fully saturated rings. The second-order valence-corrected chi connectivity index (χ2v) is 10.1. The van der Waals surface area contributed by atoms with Gasteiger partial charge in [-0.3, -0.25) is 23.6 Å². The number of hydrogen-bond acceptors (Lipinski definition) is 8. The molecule has 0 bridgehead atoms. The van der Waals surface area contributed by atoms with Crippen molar-refractivity contribution < 1.29 is 23.9 Å². The van der Waals surface area contributed by atoms with Crippen LogP contribution < -0.4 is 11.2 Å². The summed E-state index contributed by atoms with van der Waals surface area (Å²) in [6.07, 6.45) is 1.78. The fraction of sp³-hybridized carbons (Fsp3) is 0.481. The highest BCUT2D eigenvalue weighted by Gasteiger charge is 2.44. The van der Waals surface area contributed by atoms with Crippen molar-refractivity contribution in [1.29, 1.82) is 0 Å². The van der Waals surface area contributed by atoms with Gasteiger partial charge in [0.25, 0.3) is 5.56 Å². The maximum atomic E-state index is 12.9. The highest BCUT2D eigenvalue weighted by Crippen LogP contribution is 2.25. The molecule has 40 heavy (non-hydrogen) atoms. The maximum absolute atomic E-state index is 12.9. The summed E-state index contributed by atoms with van der Waals surface area (Å²) in [5.74, 6) is 0.0231. The topological polar surface area (TPSA) is 149 Å². The first kappa shape index (κ1) is 27.2. The highest BCUT2D eigenvalue weighted by molar-refractivity contribution is 5.84. The zero-order valence-corrected chi connectivity index (χ0v) is 22.5. The summed E-state index contributed by atoms with van der Waals surface area (Å²) in [5, 5.41) is 0. The maximum Gasteiger partial charge on any atom is 0.410 e. The quantitative estimate of drug-likeness (QED) is 0.404. The lowest BCUT2D eigenvalue weighted by molar-refractivity contribution is -0.150. The molecule has 13 nitrogen and oxygen atoms in total. The number of imidazole rings is 1. The Bertz CT molecular complexity index is 1530. The number of amides is 2. The lowest BCUT2D eigenvalue weighted by Gasteiger charge is -2.37. The van der Waals surface area contributed by atoms with E-state index >= 15 is 0 Å². The molecule has 2 aliphatic heterocycles. The molecular formula is C27H32N6O7. The van der Waals surface area contributed by atoms with Gasteiger partial charge >= 0.3 is 17.8 Å². The Labute approximate surface area is 229 Å². The van der Waals surface area contributed by atoms with Crippen LogP contribution in [0.2, 0.25) is 0 Å². The van der Waals surface area contributed by atoms with Gasteiger partial charge in [-0.05, 0) is 24.8 Å². The molecule has 212 valence electrons. The predicted molar refractivity (Wildman–Crippen MR) is 142 cm³/mol. The molecule has 1 atom stereocenters. The van der Waals surface area contributed by atoms with Crippen molar-refractivity contribution in [3.8, 4) is 0 Å². The van der Waals surface area contributed by atoms with E-state index in [9.17, 15) is 24.0 Å². The largest absolute Gasteiger partial charge is 0.459 e. The summed E-state index contributed by atoms with van der Waals surface area (Å²) < 4.78 is 13.0. The third kappa shape index (κ3) is 5.36. The number of aromatic amines is 1. The molecule has 0 aliphatic carbocycles. The van der Waals surface area contributed by atoms with Crippen LogP contribution in [-0.4, -0.2) is 78.7 Å². The van der Waals surface area contributed by atoms with Crippen LogP contribution in [-0.2, 0) is 46.2 Å². The van der Waals surface area contributed by atoms with E-state index in [1.54, 1.807) is 11.9 Å². The van der Waals surface area contributed by atoms with E-state index in [4.69, 9.17) is 9.47 Å². The van der Waals surface area contributed by atoms with Crippen LogP contribution >= 0.6 is 0 Å². The van der Waals surface area contributed by atoms with E-state index < -0.39 is 29.4 Å². The van der Waals surface area contributed by atoms with Crippen molar-refractivity contribution in [2.45, 2.75) is 50.8 Å². The average molecular weight is 553 g/mol. The fourth-order valence-corrected chi connectivity index (χ4v) is 5.29. The molecule has 2 aliphatic rings. The summed E-state index contributed by atoms with van der Waals surface area (Å²) in [6.45, 7) is 0.991. The van der Waals surface area contributed by atoms with Gasteiger partial charge in [0.2, 0.25) is 5.91 Å². The summed E-state index contributed by atoms with van der Waals surface area (Å²) in [4.78, 5) is 73.1. The molecule has 4 heterocycles. The number of rotatable bonds is 8. The number of esters is 1. The summed E-state index contributed by atoms with van der Waals surface area (Å²) in [5.41, 5.74) is 0.514. The van der Waals surface area contributed by atoms with Crippen molar-refractivity contribution in [2.24, 2.45) is 14.1 Å². The molecule has 3 aromatic rings. The van der Waals surface area contributed by atoms with Crippen molar-refractivity contribution in [3.05, 3.63) is 62.6 Å². The minimum absolute atomic E-state index is 0.0132. The first-order valence-electron chi connectivity index (χ1n) is 13.3. The third-order valence-electron chi connectivity index (χ3n) is 7.57. The van der Waals surface area contributed by atoms with Gasteiger partial charge < -0.3 is 19.4 Å². The van der Waals surface area contributed by atoms with Crippen LogP contribution in [0.25, 0.3) is 11.2 Å². The van der Waals surface area contributed by atoms with Gasteiger partial charge in [0, 0.05) is 46.1 Å². The Hall–Kier alpha value is -4.42. The van der Waals surface area contributed by atoms with Crippen molar-refractivity contribution in [3.63, 3.8) is 0 Å². The highest BCUT2D eigenvalue weighted by atomic mass is 16.6. The smallest absolute Gasteiger partial charge is 0.410 e. The number of H-pyrrole nitrogens is 1. The minimum Gasteiger partial charge on any atom is -0.459 e. The van der Waals surface area contributed by atoms with Crippen LogP contribution in [0.5, 0.6) is 0 Å². The van der Waals surface area contributed by atoms with Crippen LogP contribution in [0, 0.1) is 0 Å². The van der Waals surface area contributed by atoms with Gasteiger partial charge in [-0.25, -0.2) is 19.4 Å². The van der Waals surface area contributed by atoms with Crippen LogP contribution in [0.3, 0.4) is 0 Å². The number of ether oxygens (including phenoxy) is 2. The monoisotopic (exact) mass is 552 g/mol. The summed E-state index contributed by atoms with van der Waals surface area (Å²) in [6, 6.07) is 8.29. The minimum atomic E-state index is -0.802. The number of carbonyl (C=O) groups excluding carboxylic acids is 3. The second-order valence-electron chi connectivity index (χ2n) is 10.1. The molecule has 13 heteroatoms. The van der Waals surface area contributed by atoms with Gasteiger partial charge in [0.1, 0.15) is 24.6 Å². The Balaban J connectivity index is 1.11. The number of hydrogen-bond donors (Lipinski definition) is 1. The molecule has 1 unspecified atom stereocenters. The Morgan fingerprint density at radius 3 is 2.52 bits per heavy atom. The summed E-state index contributed by atoms with van der Waals surface area (Å²) >= 11 is 0. The van der Waals surface area contributed by atoms with Crippen molar-refractivity contribution in [1.82, 2.24) is 28.9 Å². The molecule has 1 N–H and O–H groups in total. The van der Waals surface area contributed by atoms with Gasteiger partial charge in [0.05, 0.1) is 0 Å². The Kier molecular flexibility index (Phi) is 7.71. The number of carbonyl (C=O) groups is 3. The standard InChI is InChI=1S/C27H32N6O7/c1-30-23-22(24(35)31(2)26(30)37)28-20(29-23)9-6-10-21(34)32-13-11-18(12-14-32)33-19(16-40-27(33)38)25(36)39-15-17-7-4-3-5-8-17/h3-5,7-8,18-19H,6,9-16H2,1-2H3,(H,28,29). The van der Waals surface area contributed by atoms with E-state index in [1.807, 2.05) is 30.3 Å². The van der Waals surface area contributed by atoms with Gasteiger partial charge in [0.15, 0.2) is 11.7 Å². The number of benzene rings is 1. The zero-order chi connectivity index (χ0) is 28.4. The predicted octanol–water partition coefficient (Wildman–Crippen LogP) is 0.838. The molecule has 1 aromatic carbocycles. The lowest BCUT2D eigenvalue weighted by Crippen LogP contribution is -2.52. The third-order valence-corrected chi connectivity index (χ3v) is 7.57. The molecule has 0 radical (unpaired) electrons. The number of piperidine rings is 1. The molecular weight excluding hydrogens is 520 g/mol. The van der Waals surface area contributed by atoms with E-state index in [1.165, 1.54) is 16.5 Å². The Morgan fingerprint density at radius 2 is 1.80 bits per heavy atom. The molecule has 2 saturated heterocycles. The van der Waals surface area contributed by atoms with E-state index in [0.29, 0.717) is 56.7 Å². The van der Waals surface area contributed by atoms with Gasteiger partial charge in [-0.2, -0.15) is 0 Å². The first-order chi connectivity index (χ1) is 19.2. The van der Waals surface area contributed by atoms with Crippen molar-refractivity contribution >= 4 is 29.1 Å². The van der Waals surface area contributed by atoms with E-state index in [0.717, 1.165) is 10.1 Å². The normalized spacial score (nSPS) is 17.9. The van der Waals surface area contributed by atoms with Gasteiger partial charge in [-0.1, -0.05) is 30.3 Å². The van der Waals surface area contributed by atoms with Crippen LogP contribution in [0.15, 0.2) is 39.9 Å². The lowest BCUT2D eigenvalue weighted by atomic mass is 10.0. The Morgan fingerprint density at radius 1 is 1.07 bits per heavy atom. The van der Waals surface area contributed by atoms with E-state index in [2.05, 4.69) is 9.97 Å². The number of nitrogens with one attached hydrogen (secondary N) is 1. The molecule has 2 amide bonds. The first-order valence-corrected chi connectivity index (χ1v) is 13.3. The van der Waals surface area contributed by atoms with Crippen molar-refractivity contribution in [2.75, 3.05) is 19.7 Å². The molecule has 0 saturated carbocycles. The fourth-order valence-electron chi connectivity index (χ4n) is 5.29.